The van der Waals surface area contributed by atoms with E-state index < -0.39 is 46.0 Å². The summed E-state index contributed by atoms with van der Waals surface area (Å²) in [6, 6.07) is 2.26. The van der Waals surface area contributed by atoms with Crippen molar-refractivity contribution in [3.05, 3.63) is 33.9 Å². The van der Waals surface area contributed by atoms with E-state index in [1.165, 1.54) is 4.90 Å². The molecule has 1 fully saturated rings. The average Bonchev–Trinajstić information content (AvgIpc) is 2.66. The molecular weight excluding hydrogens is 471 g/mol. The van der Waals surface area contributed by atoms with Gasteiger partial charge in [0.05, 0.1) is 10.5 Å². The molecule has 1 aromatic carbocycles. The van der Waals surface area contributed by atoms with E-state index in [2.05, 4.69) is 0 Å². The Morgan fingerprint density at radius 3 is 1.94 bits per heavy atom. The van der Waals surface area contributed by atoms with Crippen LogP contribution in [0.3, 0.4) is 0 Å². The number of carbonyl (C=O) groups is 2. The molecule has 0 bridgehead atoms. The van der Waals surface area contributed by atoms with Gasteiger partial charge in [0, 0.05) is 32.2 Å². The smallest absolute Gasteiger partial charge is 0.475 e. The second-order valence-corrected chi connectivity index (χ2v) is 6.26. The van der Waals surface area contributed by atoms with Gasteiger partial charge in [0.2, 0.25) is 0 Å². The summed E-state index contributed by atoms with van der Waals surface area (Å²) >= 11 is 5.07. The summed E-state index contributed by atoms with van der Waals surface area (Å²) in [5, 5.41) is 18.2. The molecule has 1 saturated heterocycles. The van der Waals surface area contributed by atoms with E-state index in [1.807, 2.05) is 0 Å². The predicted molar refractivity (Wildman–Crippen MR) is 91.3 cm³/mol. The highest BCUT2D eigenvalue weighted by Crippen LogP contribution is 2.36. The first kappa shape index (κ1) is 26.2. The number of carbonyl (C=O) groups excluding carboxylic acids is 1. The number of carboxylic acid groups (broad SMARTS) is 1. The highest BCUT2D eigenvalue weighted by atomic mass is 35.5. The number of halogens is 8. The number of anilines is 1. The van der Waals surface area contributed by atoms with Gasteiger partial charge in [-0.15, -0.1) is 0 Å². The molecule has 8 nitrogen and oxygen atoms in total. The lowest BCUT2D eigenvalue weighted by Gasteiger charge is -2.35. The zero-order chi connectivity index (χ0) is 24.1. The summed E-state index contributed by atoms with van der Waals surface area (Å²) < 4.78 is 82.6. The number of alkyl halides is 8. The van der Waals surface area contributed by atoms with Crippen LogP contribution in [0.15, 0.2) is 18.2 Å². The van der Waals surface area contributed by atoms with Gasteiger partial charge in [-0.3, -0.25) is 14.9 Å². The van der Waals surface area contributed by atoms with Crippen molar-refractivity contribution in [3.63, 3.8) is 0 Å². The van der Waals surface area contributed by atoms with Gasteiger partial charge < -0.3 is 14.9 Å². The molecule has 31 heavy (non-hydrogen) atoms. The van der Waals surface area contributed by atoms with Crippen molar-refractivity contribution in [3.8, 4) is 0 Å². The third kappa shape index (κ3) is 7.41. The Kier molecular flexibility index (Phi) is 8.43. The molecule has 16 heteroatoms. The summed E-state index contributed by atoms with van der Waals surface area (Å²) in [7, 11) is 0. The third-order valence-electron chi connectivity index (χ3n) is 3.86. The Bertz CT molecular complexity index is 824. The molecule has 1 aliphatic heterocycles. The Balaban J connectivity index is 0.000000592. The fourth-order valence-corrected chi connectivity index (χ4v) is 2.56. The Hall–Kier alpha value is -2.84. The van der Waals surface area contributed by atoms with Crippen molar-refractivity contribution in [1.82, 2.24) is 4.90 Å². The Morgan fingerprint density at radius 2 is 1.58 bits per heavy atom. The lowest BCUT2D eigenvalue weighted by Crippen LogP contribution is -2.50. The van der Waals surface area contributed by atoms with Crippen LogP contribution in [-0.4, -0.2) is 64.8 Å². The van der Waals surface area contributed by atoms with Gasteiger partial charge in [-0.25, -0.2) is 9.18 Å². The van der Waals surface area contributed by atoms with E-state index in [4.69, 9.17) is 21.5 Å². The van der Waals surface area contributed by atoms with Gasteiger partial charge in [0.15, 0.2) is 0 Å². The third-order valence-corrected chi connectivity index (χ3v) is 4.05. The number of amides is 1. The molecule has 174 valence electrons. The summed E-state index contributed by atoms with van der Waals surface area (Å²) in [5.41, 5.74) is -3.95. The molecule has 1 atom stereocenters. The Morgan fingerprint density at radius 1 is 1.10 bits per heavy atom. The first-order valence-corrected chi connectivity index (χ1v) is 8.47. The Labute approximate surface area is 173 Å². The number of piperazine rings is 1. The van der Waals surface area contributed by atoms with Gasteiger partial charge in [-0.2, -0.15) is 26.3 Å². The van der Waals surface area contributed by atoms with Crippen molar-refractivity contribution >= 4 is 34.9 Å². The van der Waals surface area contributed by atoms with Crippen molar-refractivity contribution < 1.29 is 50.4 Å². The molecule has 1 aliphatic rings. The molecule has 0 aromatic heterocycles. The number of nitro benzene ring substituents is 1. The van der Waals surface area contributed by atoms with Crippen molar-refractivity contribution in [2.45, 2.75) is 18.0 Å². The van der Waals surface area contributed by atoms with Crippen LogP contribution >= 0.6 is 11.6 Å². The quantitative estimate of drug-likeness (QED) is 0.306. The number of nitro groups is 1. The van der Waals surface area contributed by atoms with Crippen LogP contribution in [0.4, 0.5) is 42.1 Å². The molecule has 1 N–H and O–H groups in total. The molecule has 1 amide bonds. The minimum absolute atomic E-state index is 0.0165. The first-order valence-electron chi connectivity index (χ1n) is 8.03. The highest BCUT2D eigenvalue weighted by molar-refractivity contribution is 6.29. The molecule has 0 saturated carbocycles. The largest absolute Gasteiger partial charge is 0.490 e. The second kappa shape index (κ2) is 9.98. The van der Waals surface area contributed by atoms with Gasteiger partial charge in [0.1, 0.15) is 5.69 Å². The summed E-state index contributed by atoms with van der Waals surface area (Å²) in [6.07, 6.45) is -9.77. The maximum atomic E-state index is 12.8. The number of carboxylic acids is 1. The van der Waals surface area contributed by atoms with Crippen LogP contribution in [0.25, 0.3) is 0 Å². The summed E-state index contributed by atoms with van der Waals surface area (Å²) in [4.78, 5) is 33.2. The maximum absolute atomic E-state index is 12.8. The molecule has 2 rings (SSSR count). The normalized spacial score (nSPS) is 15.6. The molecule has 1 heterocycles. The van der Waals surface area contributed by atoms with Gasteiger partial charge in [-0.1, -0.05) is 11.6 Å². The molecule has 0 spiro atoms. The van der Waals surface area contributed by atoms with Gasteiger partial charge in [0.25, 0.3) is 17.2 Å². The minimum Gasteiger partial charge on any atom is -0.475 e. The average molecular weight is 484 g/mol. The maximum Gasteiger partial charge on any atom is 0.490 e. The second-order valence-electron chi connectivity index (χ2n) is 5.87. The van der Waals surface area contributed by atoms with Crippen LogP contribution in [0.5, 0.6) is 0 Å². The van der Waals surface area contributed by atoms with Crippen LogP contribution < -0.4 is 4.90 Å². The van der Waals surface area contributed by atoms with Crippen molar-refractivity contribution in [1.29, 1.82) is 0 Å². The molecular formula is C15H13ClF7N3O5. The van der Waals surface area contributed by atoms with E-state index in [9.17, 15) is 45.6 Å². The number of hydrogen-bond donors (Lipinski definition) is 1. The van der Waals surface area contributed by atoms with E-state index in [-0.39, 0.29) is 31.9 Å². The van der Waals surface area contributed by atoms with E-state index in [0.717, 1.165) is 17.0 Å². The standard InChI is InChI=1S/C13H12ClF4N3O3.C2HF3O2/c14-11(15)12(22)20-5-3-19(4-6-20)9-2-1-8(13(16,17)18)7-10(9)21(23)24;3-2(4,5)1(6)7/h1-2,7,11H,3-6H2;(H,6,7). The van der Waals surface area contributed by atoms with Crippen LogP contribution in [0.1, 0.15) is 5.56 Å². The molecule has 1 unspecified atom stereocenters. The minimum atomic E-state index is -5.08. The van der Waals surface area contributed by atoms with Crippen molar-refractivity contribution in [2.75, 3.05) is 31.1 Å². The monoisotopic (exact) mass is 483 g/mol. The lowest BCUT2D eigenvalue weighted by molar-refractivity contribution is -0.384. The fourth-order valence-electron chi connectivity index (χ4n) is 2.42. The van der Waals surface area contributed by atoms with Crippen LogP contribution in [0, 0.1) is 10.1 Å². The summed E-state index contributed by atoms with van der Waals surface area (Å²) in [5.74, 6) is -3.66. The van der Waals surface area contributed by atoms with E-state index in [1.54, 1.807) is 0 Å². The zero-order valence-corrected chi connectivity index (χ0v) is 15.8. The highest BCUT2D eigenvalue weighted by Gasteiger charge is 2.38. The topological polar surface area (TPSA) is 104 Å². The SMILES string of the molecule is O=C(C(F)Cl)N1CCN(c2ccc(C(F)(F)F)cc2[N+](=O)[O-])CC1.O=C(O)C(F)(F)F. The predicted octanol–water partition coefficient (Wildman–Crippen LogP) is 3.43. The number of hydrogen-bond acceptors (Lipinski definition) is 5. The fraction of sp³-hybridized carbons (Fsp3) is 0.467. The zero-order valence-electron chi connectivity index (χ0n) is 15.1. The van der Waals surface area contributed by atoms with Gasteiger partial charge >= 0.3 is 18.3 Å². The molecule has 0 aliphatic carbocycles. The number of rotatable bonds is 3. The number of aliphatic carboxylic acids is 1. The van der Waals surface area contributed by atoms with E-state index >= 15 is 0 Å². The first-order chi connectivity index (χ1) is 14.1. The molecule has 1 aromatic rings. The number of nitrogens with zero attached hydrogens (tertiary/aromatic N) is 3. The van der Waals surface area contributed by atoms with Crippen LogP contribution in [-0.2, 0) is 15.8 Å². The van der Waals surface area contributed by atoms with Crippen LogP contribution in [0.2, 0.25) is 0 Å². The van der Waals surface area contributed by atoms with Gasteiger partial charge in [-0.05, 0) is 12.1 Å². The molecule has 0 radical (unpaired) electrons. The van der Waals surface area contributed by atoms with E-state index in [0.29, 0.717) is 6.07 Å². The lowest BCUT2D eigenvalue weighted by atomic mass is 10.1. The summed E-state index contributed by atoms with van der Waals surface area (Å²) in [6.45, 7) is 0.345. The van der Waals surface area contributed by atoms with Crippen molar-refractivity contribution in [2.24, 2.45) is 0 Å². The number of benzene rings is 1.